The number of halogens is 1. The average molecular weight is 317 g/mol. The van der Waals surface area contributed by atoms with Crippen molar-refractivity contribution in [2.45, 2.75) is 25.9 Å². The highest BCUT2D eigenvalue weighted by molar-refractivity contribution is 7.99. The molecule has 2 atom stereocenters. The average Bonchev–Trinajstić information content (AvgIpc) is 2.90. The first kappa shape index (κ1) is 17.1. The number of aryl methyl sites for hydroxylation is 1. The molecular weight excluding hydrogens is 296 g/mol. The van der Waals surface area contributed by atoms with Gasteiger partial charge in [-0.05, 0) is 31.5 Å². The van der Waals surface area contributed by atoms with E-state index in [1.165, 1.54) is 5.56 Å². The summed E-state index contributed by atoms with van der Waals surface area (Å²) in [6.45, 7) is 4.46. The normalized spacial score (nSPS) is 19.0. The van der Waals surface area contributed by atoms with Gasteiger partial charge in [0, 0.05) is 11.6 Å². The van der Waals surface area contributed by atoms with Gasteiger partial charge in [-0.1, -0.05) is 12.1 Å². The van der Waals surface area contributed by atoms with Gasteiger partial charge in [-0.15, -0.1) is 24.2 Å². The molecule has 1 fully saturated rings. The number of hydrogen-bond donors (Lipinski definition) is 2. The first-order valence-electron chi connectivity index (χ1n) is 6.46. The van der Waals surface area contributed by atoms with E-state index in [0.717, 1.165) is 17.4 Å². The summed E-state index contributed by atoms with van der Waals surface area (Å²) in [6.07, 6.45) is 0. The fourth-order valence-corrected chi connectivity index (χ4v) is 2.82. The topological polar surface area (TPSA) is 50.4 Å². The minimum absolute atomic E-state index is 0. The molecule has 0 aliphatic carbocycles. The van der Waals surface area contributed by atoms with Crippen molar-refractivity contribution in [3.63, 3.8) is 0 Å². The van der Waals surface area contributed by atoms with Gasteiger partial charge in [-0.2, -0.15) is 0 Å². The maximum absolute atomic E-state index is 11.9. The third kappa shape index (κ3) is 5.23. The molecule has 1 aliphatic rings. The zero-order valence-electron chi connectivity index (χ0n) is 11.7. The quantitative estimate of drug-likeness (QED) is 0.872. The van der Waals surface area contributed by atoms with Crippen LogP contribution in [0.3, 0.4) is 0 Å². The predicted octanol–water partition coefficient (Wildman–Crippen LogP) is 1.96. The number of ether oxygens (including phenoxy) is 1. The lowest BCUT2D eigenvalue weighted by Gasteiger charge is -2.17. The van der Waals surface area contributed by atoms with Gasteiger partial charge in [0.1, 0.15) is 12.4 Å². The van der Waals surface area contributed by atoms with Crippen LogP contribution in [0, 0.1) is 6.92 Å². The molecule has 0 saturated carbocycles. The van der Waals surface area contributed by atoms with Crippen LogP contribution < -0.4 is 15.4 Å². The second-order valence-corrected chi connectivity index (χ2v) is 5.84. The van der Waals surface area contributed by atoms with Crippen LogP contribution in [0.25, 0.3) is 0 Å². The van der Waals surface area contributed by atoms with Gasteiger partial charge in [-0.25, -0.2) is 0 Å². The van der Waals surface area contributed by atoms with E-state index < -0.39 is 0 Å². The summed E-state index contributed by atoms with van der Waals surface area (Å²) in [5.74, 6) is 2.60. The Bertz CT molecular complexity index is 439. The minimum Gasteiger partial charge on any atom is -0.491 e. The standard InChI is InChI=1S/C14H20N2O2S.ClH/c1-10-4-3-5-12(6-10)18-7-11(2)16-14(17)13-8-19-9-15-13;/h3-6,11,13,15H,7-9H2,1-2H3,(H,16,17);1H. The number of amides is 1. The van der Waals surface area contributed by atoms with E-state index in [1.807, 2.05) is 38.1 Å². The Morgan fingerprint density at radius 2 is 2.40 bits per heavy atom. The van der Waals surface area contributed by atoms with Gasteiger partial charge in [0.25, 0.3) is 0 Å². The van der Waals surface area contributed by atoms with Crippen molar-refractivity contribution in [3.8, 4) is 5.75 Å². The number of rotatable bonds is 5. The largest absolute Gasteiger partial charge is 0.491 e. The zero-order chi connectivity index (χ0) is 13.7. The lowest BCUT2D eigenvalue weighted by molar-refractivity contribution is -0.123. The molecular formula is C14H21ClN2O2S. The summed E-state index contributed by atoms with van der Waals surface area (Å²) in [6, 6.07) is 7.85. The van der Waals surface area contributed by atoms with Crippen molar-refractivity contribution in [2.24, 2.45) is 0 Å². The molecule has 1 aromatic rings. The predicted molar refractivity (Wildman–Crippen MR) is 85.8 cm³/mol. The molecule has 6 heteroatoms. The number of benzene rings is 1. The highest BCUT2D eigenvalue weighted by Gasteiger charge is 2.23. The second kappa shape index (κ2) is 8.39. The fourth-order valence-electron chi connectivity index (χ4n) is 1.88. The number of hydrogen-bond acceptors (Lipinski definition) is 4. The third-order valence-corrected chi connectivity index (χ3v) is 3.85. The molecule has 20 heavy (non-hydrogen) atoms. The molecule has 1 heterocycles. The van der Waals surface area contributed by atoms with E-state index in [2.05, 4.69) is 10.6 Å². The molecule has 2 N–H and O–H groups in total. The van der Waals surface area contributed by atoms with Crippen LogP contribution in [0.1, 0.15) is 12.5 Å². The highest BCUT2D eigenvalue weighted by atomic mass is 35.5. The van der Waals surface area contributed by atoms with E-state index in [9.17, 15) is 4.79 Å². The SMILES string of the molecule is Cc1cccc(OCC(C)NC(=O)C2CSCN2)c1.Cl. The molecule has 1 aliphatic heterocycles. The summed E-state index contributed by atoms with van der Waals surface area (Å²) in [5.41, 5.74) is 1.17. The summed E-state index contributed by atoms with van der Waals surface area (Å²) < 4.78 is 5.67. The zero-order valence-corrected chi connectivity index (χ0v) is 13.4. The number of carbonyl (C=O) groups excluding carboxylic acids is 1. The molecule has 1 saturated heterocycles. The summed E-state index contributed by atoms with van der Waals surface area (Å²) in [5, 5.41) is 6.12. The molecule has 4 nitrogen and oxygen atoms in total. The van der Waals surface area contributed by atoms with E-state index in [0.29, 0.717) is 6.61 Å². The van der Waals surface area contributed by atoms with Gasteiger partial charge in [-0.3, -0.25) is 10.1 Å². The molecule has 0 spiro atoms. The molecule has 2 rings (SSSR count). The third-order valence-electron chi connectivity index (χ3n) is 2.91. The number of nitrogens with one attached hydrogen (secondary N) is 2. The van der Waals surface area contributed by atoms with Crippen molar-refractivity contribution in [1.82, 2.24) is 10.6 Å². The monoisotopic (exact) mass is 316 g/mol. The van der Waals surface area contributed by atoms with E-state index in [4.69, 9.17) is 4.74 Å². The van der Waals surface area contributed by atoms with E-state index >= 15 is 0 Å². The van der Waals surface area contributed by atoms with Crippen LogP contribution in [0.4, 0.5) is 0 Å². The number of thioether (sulfide) groups is 1. The Balaban J connectivity index is 0.00000200. The van der Waals surface area contributed by atoms with Gasteiger partial charge in [0.05, 0.1) is 12.1 Å². The van der Waals surface area contributed by atoms with Crippen LogP contribution in [0.15, 0.2) is 24.3 Å². The van der Waals surface area contributed by atoms with Crippen molar-refractivity contribution in [1.29, 1.82) is 0 Å². The Hall–Kier alpha value is -0.910. The number of carbonyl (C=O) groups is 1. The van der Waals surface area contributed by atoms with Gasteiger partial charge in [0.15, 0.2) is 0 Å². The Labute approximate surface area is 130 Å². The summed E-state index contributed by atoms with van der Waals surface area (Å²) in [4.78, 5) is 11.9. The molecule has 1 aromatic carbocycles. The molecule has 0 aromatic heterocycles. The molecule has 112 valence electrons. The van der Waals surface area contributed by atoms with Crippen molar-refractivity contribution >= 4 is 30.1 Å². The van der Waals surface area contributed by atoms with Gasteiger partial charge >= 0.3 is 0 Å². The van der Waals surface area contributed by atoms with E-state index in [1.54, 1.807) is 11.8 Å². The smallest absolute Gasteiger partial charge is 0.238 e. The van der Waals surface area contributed by atoms with Crippen LogP contribution in [0.2, 0.25) is 0 Å². The van der Waals surface area contributed by atoms with Gasteiger partial charge in [0.2, 0.25) is 5.91 Å². The fraction of sp³-hybridized carbons (Fsp3) is 0.500. The van der Waals surface area contributed by atoms with Crippen LogP contribution in [-0.2, 0) is 4.79 Å². The summed E-state index contributed by atoms with van der Waals surface area (Å²) >= 11 is 1.75. The highest BCUT2D eigenvalue weighted by Crippen LogP contribution is 2.13. The summed E-state index contributed by atoms with van der Waals surface area (Å²) in [7, 11) is 0. The second-order valence-electron chi connectivity index (χ2n) is 4.81. The van der Waals surface area contributed by atoms with Crippen LogP contribution in [-0.4, -0.2) is 36.2 Å². The lowest BCUT2D eigenvalue weighted by Crippen LogP contribution is -2.47. The van der Waals surface area contributed by atoms with Gasteiger partial charge < -0.3 is 10.1 Å². The van der Waals surface area contributed by atoms with Crippen molar-refractivity contribution < 1.29 is 9.53 Å². The molecule has 0 radical (unpaired) electrons. The Morgan fingerprint density at radius 3 is 3.05 bits per heavy atom. The molecule has 2 unspecified atom stereocenters. The lowest BCUT2D eigenvalue weighted by atomic mass is 10.2. The van der Waals surface area contributed by atoms with Crippen LogP contribution in [0.5, 0.6) is 5.75 Å². The molecule has 1 amide bonds. The Morgan fingerprint density at radius 1 is 1.60 bits per heavy atom. The first-order chi connectivity index (χ1) is 9.15. The maximum atomic E-state index is 11.9. The van der Waals surface area contributed by atoms with Crippen molar-refractivity contribution in [2.75, 3.05) is 18.2 Å². The maximum Gasteiger partial charge on any atom is 0.238 e. The minimum atomic E-state index is -0.0635. The van der Waals surface area contributed by atoms with E-state index in [-0.39, 0.29) is 30.4 Å². The Kier molecular flexibility index (Phi) is 7.19. The molecule has 0 bridgehead atoms. The van der Waals surface area contributed by atoms with Crippen LogP contribution >= 0.6 is 24.2 Å². The first-order valence-corrected chi connectivity index (χ1v) is 7.61. The van der Waals surface area contributed by atoms with Crippen molar-refractivity contribution in [3.05, 3.63) is 29.8 Å².